The molecule has 18 heavy (non-hydrogen) atoms. The molecule has 1 N–H and O–H groups in total. The molecule has 0 aliphatic heterocycles. The van der Waals surface area contributed by atoms with Gasteiger partial charge in [-0.15, -0.1) is 0 Å². The molecule has 0 bridgehead atoms. The largest absolute Gasteiger partial charge is 0.511 e. The molecule has 2 nitrogen and oxygen atoms in total. The fraction of sp³-hybridized carbons (Fsp3) is 0.812. The third-order valence-electron chi connectivity index (χ3n) is 4.94. The summed E-state index contributed by atoms with van der Waals surface area (Å²) in [5.74, 6) is 0.378. The molecule has 0 spiro atoms. The van der Waals surface area contributed by atoms with Crippen LogP contribution in [0.15, 0.2) is 11.3 Å². The van der Waals surface area contributed by atoms with Crippen molar-refractivity contribution in [1.29, 1.82) is 0 Å². The Labute approximate surface area is 112 Å². The summed E-state index contributed by atoms with van der Waals surface area (Å²) >= 11 is 0. The second-order valence-electron chi connectivity index (χ2n) is 5.84. The Morgan fingerprint density at radius 1 is 0.889 bits per heavy atom. The van der Waals surface area contributed by atoms with Gasteiger partial charge in [-0.3, -0.25) is 4.79 Å². The van der Waals surface area contributed by atoms with Gasteiger partial charge in [-0.05, 0) is 32.6 Å². The number of hydrogen-bond donors (Lipinski definition) is 1. The fourth-order valence-corrected chi connectivity index (χ4v) is 2.17. The summed E-state index contributed by atoms with van der Waals surface area (Å²) in [6, 6.07) is 0. The molecule has 0 aromatic carbocycles. The first kappa shape index (κ1) is 17.2. The number of aliphatic hydroxyl groups excluding tert-OH is 1. The van der Waals surface area contributed by atoms with E-state index in [1.54, 1.807) is 6.92 Å². The average Bonchev–Trinajstić information content (AvgIpc) is 2.42. The summed E-state index contributed by atoms with van der Waals surface area (Å²) in [5.41, 5.74) is -0.0739. The van der Waals surface area contributed by atoms with Crippen molar-refractivity contribution in [2.75, 3.05) is 0 Å². The van der Waals surface area contributed by atoms with E-state index in [0.29, 0.717) is 5.57 Å². The normalized spacial score (nSPS) is 14.4. The zero-order chi connectivity index (χ0) is 14.6. The van der Waals surface area contributed by atoms with Crippen LogP contribution in [0.1, 0.15) is 74.1 Å². The van der Waals surface area contributed by atoms with E-state index in [-0.39, 0.29) is 22.4 Å². The van der Waals surface area contributed by atoms with E-state index in [4.69, 9.17) is 0 Å². The molecule has 0 amide bonds. The van der Waals surface area contributed by atoms with Gasteiger partial charge in [0, 0.05) is 16.4 Å². The Morgan fingerprint density at radius 3 is 1.50 bits per heavy atom. The predicted octanol–water partition coefficient (Wildman–Crippen LogP) is 5.04. The van der Waals surface area contributed by atoms with Crippen LogP contribution in [0.3, 0.4) is 0 Å². The predicted molar refractivity (Wildman–Crippen MR) is 77.7 cm³/mol. The summed E-state index contributed by atoms with van der Waals surface area (Å²) in [6.07, 6.45) is 3.30. The van der Waals surface area contributed by atoms with E-state index in [0.717, 1.165) is 25.7 Å². The number of Topliss-reactive ketones (excluding diaryl/α,β-unsaturated/α-hetero) is 1. The van der Waals surface area contributed by atoms with Crippen LogP contribution in [0.2, 0.25) is 0 Å². The maximum Gasteiger partial charge on any atom is 0.167 e. The summed E-state index contributed by atoms with van der Waals surface area (Å²) in [5, 5.41) is 10.4. The number of allylic oxidation sites excluding steroid dienone is 2. The highest BCUT2D eigenvalue weighted by Crippen LogP contribution is 2.37. The van der Waals surface area contributed by atoms with Crippen LogP contribution in [0.25, 0.3) is 0 Å². The number of rotatable bonds is 7. The minimum absolute atomic E-state index is 0.0955. The van der Waals surface area contributed by atoms with Crippen molar-refractivity contribution >= 4 is 5.78 Å². The van der Waals surface area contributed by atoms with E-state index in [1.807, 2.05) is 27.7 Å². The Bertz CT molecular complexity index is 318. The van der Waals surface area contributed by atoms with E-state index in [9.17, 15) is 9.90 Å². The number of hydrogen-bond acceptors (Lipinski definition) is 2. The van der Waals surface area contributed by atoms with Gasteiger partial charge in [0.2, 0.25) is 0 Å². The van der Waals surface area contributed by atoms with Crippen molar-refractivity contribution < 1.29 is 9.90 Å². The van der Waals surface area contributed by atoms with Gasteiger partial charge < -0.3 is 5.11 Å². The quantitative estimate of drug-likeness (QED) is 0.510. The van der Waals surface area contributed by atoms with Crippen LogP contribution < -0.4 is 0 Å². The van der Waals surface area contributed by atoms with E-state index in [1.165, 1.54) is 0 Å². The van der Waals surface area contributed by atoms with Crippen molar-refractivity contribution in [3.8, 4) is 0 Å². The van der Waals surface area contributed by atoms with Gasteiger partial charge in [0.15, 0.2) is 5.78 Å². The highest BCUT2D eigenvalue weighted by atomic mass is 16.3. The van der Waals surface area contributed by atoms with Crippen LogP contribution in [0, 0.1) is 10.8 Å². The molecule has 0 radical (unpaired) electrons. The molecule has 0 aliphatic rings. The number of aliphatic hydroxyl groups is 1. The lowest BCUT2D eigenvalue weighted by molar-refractivity contribution is -0.124. The molecule has 0 rings (SSSR count). The van der Waals surface area contributed by atoms with Gasteiger partial charge in [-0.25, -0.2) is 0 Å². The maximum absolute atomic E-state index is 12.5. The molecule has 106 valence electrons. The number of carbonyl (C=O) groups excluding carboxylic acids is 1. The summed E-state index contributed by atoms with van der Waals surface area (Å²) in [4.78, 5) is 12.5. The standard InChI is InChI=1S/C16H30O2/c1-8-15(6,9-2)13(17)12(5)14(18)16(7,10-3)11-4/h17H,8-11H2,1-7H3/b13-12-. The summed E-state index contributed by atoms with van der Waals surface area (Å²) < 4.78 is 0. The molecule has 0 aromatic rings. The molecular weight excluding hydrogens is 224 g/mol. The van der Waals surface area contributed by atoms with Crippen LogP contribution in [0.4, 0.5) is 0 Å². The minimum Gasteiger partial charge on any atom is -0.511 e. The number of carbonyl (C=O) groups is 1. The molecule has 0 unspecified atom stereocenters. The van der Waals surface area contributed by atoms with Gasteiger partial charge in [0.05, 0.1) is 0 Å². The lowest BCUT2D eigenvalue weighted by Gasteiger charge is -2.30. The van der Waals surface area contributed by atoms with E-state index >= 15 is 0 Å². The van der Waals surface area contributed by atoms with Gasteiger partial charge in [0.25, 0.3) is 0 Å². The van der Waals surface area contributed by atoms with Crippen molar-refractivity contribution in [1.82, 2.24) is 0 Å². The first-order valence-electron chi connectivity index (χ1n) is 7.17. The van der Waals surface area contributed by atoms with Crippen molar-refractivity contribution in [3.63, 3.8) is 0 Å². The second kappa shape index (κ2) is 6.40. The molecule has 0 aliphatic carbocycles. The van der Waals surface area contributed by atoms with Gasteiger partial charge in [0.1, 0.15) is 5.76 Å². The molecule has 0 heterocycles. The number of ketones is 1. The SMILES string of the molecule is CCC(C)(CC)C(=O)/C(C)=C(\O)C(C)(CC)CC. The molecule has 0 fully saturated rings. The molecule has 2 heteroatoms. The lowest BCUT2D eigenvalue weighted by Crippen LogP contribution is -2.30. The highest BCUT2D eigenvalue weighted by molar-refractivity contribution is 5.99. The zero-order valence-corrected chi connectivity index (χ0v) is 13.2. The monoisotopic (exact) mass is 254 g/mol. The van der Waals surface area contributed by atoms with Crippen LogP contribution in [0.5, 0.6) is 0 Å². The summed E-state index contributed by atoms with van der Waals surface area (Å²) in [6.45, 7) is 13.9. The van der Waals surface area contributed by atoms with E-state index < -0.39 is 0 Å². The Kier molecular flexibility index (Phi) is 6.12. The molecule has 0 atom stereocenters. The second-order valence-corrected chi connectivity index (χ2v) is 5.84. The third-order valence-corrected chi connectivity index (χ3v) is 4.94. The first-order valence-corrected chi connectivity index (χ1v) is 7.17. The van der Waals surface area contributed by atoms with Crippen LogP contribution in [-0.4, -0.2) is 10.9 Å². The fourth-order valence-electron chi connectivity index (χ4n) is 2.17. The lowest BCUT2D eigenvalue weighted by atomic mass is 9.74. The van der Waals surface area contributed by atoms with E-state index in [2.05, 4.69) is 13.8 Å². The van der Waals surface area contributed by atoms with Crippen molar-refractivity contribution in [2.45, 2.75) is 74.1 Å². The summed E-state index contributed by atoms with van der Waals surface area (Å²) in [7, 11) is 0. The molecule has 0 saturated heterocycles. The average molecular weight is 254 g/mol. The van der Waals surface area contributed by atoms with Gasteiger partial charge in [-0.1, -0.05) is 41.5 Å². The Morgan fingerprint density at radius 2 is 1.22 bits per heavy atom. The maximum atomic E-state index is 12.5. The van der Waals surface area contributed by atoms with Gasteiger partial charge >= 0.3 is 0 Å². The zero-order valence-electron chi connectivity index (χ0n) is 13.2. The molecular formula is C16H30O2. The van der Waals surface area contributed by atoms with Crippen molar-refractivity contribution in [3.05, 3.63) is 11.3 Å². The van der Waals surface area contributed by atoms with Crippen LogP contribution >= 0.6 is 0 Å². The topological polar surface area (TPSA) is 37.3 Å². The first-order chi connectivity index (χ1) is 8.22. The van der Waals surface area contributed by atoms with Gasteiger partial charge in [-0.2, -0.15) is 0 Å². The van der Waals surface area contributed by atoms with Crippen LogP contribution in [-0.2, 0) is 4.79 Å². The molecule has 0 aromatic heterocycles. The Balaban J connectivity index is 5.49. The highest BCUT2D eigenvalue weighted by Gasteiger charge is 2.35. The third kappa shape index (κ3) is 3.15. The van der Waals surface area contributed by atoms with Crippen molar-refractivity contribution in [2.24, 2.45) is 10.8 Å². The smallest absolute Gasteiger partial charge is 0.167 e. The minimum atomic E-state index is -0.347. The molecule has 0 saturated carbocycles. The Hall–Kier alpha value is -0.790.